The first-order valence-corrected chi connectivity index (χ1v) is 2.90. The highest BCUT2D eigenvalue weighted by Crippen LogP contribution is 1.87. The standard InChI is InChI=1S/C7H6N2/c1-2-5-9-6-4-8-7(9)3-1/h1-6H/p+1. The van der Waals surface area contributed by atoms with Crippen LogP contribution in [0.5, 0.6) is 0 Å². The minimum Gasteiger partial charge on any atom is -0.243 e. The minimum absolute atomic E-state index is 1.12. The van der Waals surface area contributed by atoms with Crippen molar-refractivity contribution in [2.24, 2.45) is 0 Å². The van der Waals surface area contributed by atoms with E-state index in [1.54, 1.807) is 0 Å². The Morgan fingerprint density at radius 3 is 3.11 bits per heavy atom. The zero-order valence-electron chi connectivity index (χ0n) is 4.91. The average molecular weight is 119 g/mol. The molecule has 0 saturated carbocycles. The van der Waals surface area contributed by atoms with Crippen molar-refractivity contribution in [2.75, 3.05) is 0 Å². The molecule has 0 fully saturated rings. The van der Waals surface area contributed by atoms with Gasteiger partial charge in [0.2, 0.25) is 0 Å². The number of H-pyrrole nitrogens is 1. The monoisotopic (exact) mass is 119 g/mol. The Morgan fingerprint density at radius 2 is 2.22 bits per heavy atom. The van der Waals surface area contributed by atoms with Crippen LogP contribution in [0.1, 0.15) is 0 Å². The second kappa shape index (κ2) is 1.58. The highest BCUT2D eigenvalue weighted by atomic mass is 15.0. The minimum atomic E-state index is 1.12. The molecule has 0 atom stereocenters. The van der Waals surface area contributed by atoms with Crippen molar-refractivity contribution >= 4 is 5.65 Å². The Kier molecular flexibility index (Phi) is 0.803. The lowest BCUT2D eigenvalue weighted by molar-refractivity contribution is -0.509. The predicted octanol–water partition coefficient (Wildman–Crippen LogP) is 0.753. The number of nitrogens with zero attached hydrogens (tertiary/aromatic N) is 1. The molecule has 0 saturated heterocycles. The summed E-state index contributed by atoms with van der Waals surface area (Å²) in [5.41, 5.74) is 1.12. The Bertz CT molecular complexity index is 281. The van der Waals surface area contributed by atoms with Crippen molar-refractivity contribution in [1.82, 2.24) is 4.98 Å². The van der Waals surface area contributed by atoms with Crippen molar-refractivity contribution in [1.29, 1.82) is 0 Å². The summed E-state index contributed by atoms with van der Waals surface area (Å²) in [6, 6.07) is 6.03. The van der Waals surface area contributed by atoms with Gasteiger partial charge >= 0.3 is 0 Å². The van der Waals surface area contributed by atoms with E-state index in [0.717, 1.165) is 5.65 Å². The molecular weight excluding hydrogens is 112 g/mol. The topological polar surface area (TPSA) is 19.9 Å². The zero-order chi connectivity index (χ0) is 6.10. The van der Waals surface area contributed by atoms with E-state index in [9.17, 15) is 0 Å². The summed E-state index contributed by atoms with van der Waals surface area (Å²) in [7, 11) is 0. The van der Waals surface area contributed by atoms with Gasteiger partial charge in [0.15, 0.2) is 0 Å². The van der Waals surface area contributed by atoms with Gasteiger partial charge in [0.1, 0.15) is 12.4 Å². The van der Waals surface area contributed by atoms with Gasteiger partial charge in [-0.25, -0.2) is 9.38 Å². The van der Waals surface area contributed by atoms with E-state index in [-0.39, 0.29) is 0 Å². The van der Waals surface area contributed by atoms with Gasteiger partial charge in [0.05, 0.1) is 6.20 Å². The molecule has 0 aliphatic rings. The molecule has 44 valence electrons. The highest BCUT2D eigenvalue weighted by Gasteiger charge is 1.94. The quantitative estimate of drug-likeness (QED) is 0.494. The number of aromatic amines is 1. The van der Waals surface area contributed by atoms with Crippen LogP contribution in [0.2, 0.25) is 0 Å². The molecule has 0 bridgehead atoms. The summed E-state index contributed by atoms with van der Waals surface area (Å²) < 4.78 is 2.03. The summed E-state index contributed by atoms with van der Waals surface area (Å²) in [5.74, 6) is 0. The van der Waals surface area contributed by atoms with E-state index in [0.29, 0.717) is 0 Å². The molecular formula is C7H7N2+. The van der Waals surface area contributed by atoms with Crippen molar-refractivity contribution in [3.05, 3.63) is 36.8 Å². The van der Waals surface area contributed by atoms with Crippen molar-refractivity contribution in [2.45, 2.75) is 0 Å². The van der Waals surface area contributed by atoms with E-state index in [1.807, 2.05) is 41.2 Å². The Morgan fingerprint density at radius 1 is 1.22 bits per heavy atom. The maximum absolute atomic E-state index is 3.08. The number of imidazole rings is 1. The van der Waals surface area contributed by atoms with Crippen LogP contribution in [0.15, 0.2) is 36.8 Å². The Balaban J connectivity index is 2.95. The van der Waals surface area contributed by atoms with Gasteiger partial charge in [0, 0.05) is 6.07 Å². The van der Waals surface area contributed by atoms with E-state index >= 15 is 0 Å². The lowest BCUT2D eigenvalue weighted by Gasteiger charge is -1.78. The molecule has 0 unspecified atom stereocenters. The first-order chi connectivity index (χ1) is 4.47. The van der Waals surface area contributed by atoms with E-state index < -0.39 is 0 Å². The molecule has 2 rings (SSSR count). The number of nitrogens with one attached hydrogen (secondary N) is 1. The Labute approximate surface area is 52.8 Å². The third-order valence-electron chi connectivity index (χ3n) is 1.36. The number of rotatable bonds is 0. The van der Waals surface area contributed by atoms with Gasteiger partial charge in [-0.15, -0.1) is 0 Å². The molecule has 0 radical (unpaired) electrons. The maximum Gasteiger partial charge on any atom is 0.283 e. The molecule has 0 aromatic carbocycles. The largest absolute Gasteiger partial charge is 0.283 e. The molecule has 2 aromatic rings. The number of fused-ring (bicyclic) bond motifs is 1. The van der Waals surface area contributed by atoms with Gasteiger partial charge in [-0.3, -0.25) is 0 Å². The second-order valence-electron chi connectivity index (χ2n) is 1.95. The molecule has 2 heteroatoms. The van der Waals surface area contributed by atoms with Crippen molar-refractivity contribution in [3.8, 4) is 0 Å². The molecule has 2 nitrogen and oxygen atoms in total. The smallest absolute Gasteiger partial charge is 0.243 e. The van der Waals surface area contributed by atoms with Crippen LogP contribution in [0, 0.1) is 0 Å². The fraction of sp³-hybridized carbons (Fsp3) is 0. The molecule has 0 aliphatic carbocycles. The average Bonchev–Trinajstić information content (AvgIpc) is 2.33. The van der Waals surface area contributed by atoms with Crippen LogP contribution >= 0.6 is 0 Å². The van der Waals surface area contributed by atoms with E-state index in [1.165, 1.54) is 0 Å². The lowest BCUT2D eigenvalue weighted by atomic mass is 10.5. The molecule has 2 heterocycles. The first kappa shape index (κ1) is 4.56. The van der Waals surface area contributed by atoms with Gasteiger partial charge in [0.25, 0.3) is 5.65 Å². The summed E-state index contributed by atoms with van der Waals surface area (Å²) in [4.78, 5) is 3.08. The number of aromatic nitrogens is 2. The zero-order valence-corrected chi connectivity index (χ0v) is 4.91. The third-order valence-corrected chi connectivity index (χ3v) is 1.36. The summed E-state index contributed by atoms with van der Waals surface area (Å²) in [6.45, 7) is 0. The van der Waals surface area contributed by atoms with Crippen LogP contribution in [0.3, 0.4) is 0 Å². The van der Waals surface area contributed by atoms with Gasteiger partial charge in [-0.05, 0) is 6.07 Å². The molecule has 0 spiro atoms. The van der Waals surface area contributed by atoms with Crippen molar-refractivity contribution < 1.29 is 4.40 Å². The van der Waals surface area contributed by atoms with Gasteiger partial charge in [-0.2, -0.15) is 0 Å². The molecule has 9 heavy (non-hydrogen) atoms. The van der Waals surface area contributed by atoms with E-state index in [2.05, 4.69) is 4.98 Å². The fourth-order valence-corrected chi connectivity index (χ4v) is 0.911. The van der Waals surface area contributed by atoms with Crippen molar-refractivity contribution in [3.63, 3.8) is 0 Å². The second-order valence-corrected chi connectivity index (χ2v) is 1.95. The van der Waals surface area contributed by atoms with Gasteiger partial charge < -0.3 is 0 Å². The third kappa shape index (κ3) is 0.598. The van der Waals surface area contributed by atoms with Crippen LogP contribution in [0.25, 0.3) is 5.65 Å². The SMILES string of the molecule is c1cc[n+]2cc[nH]c2c1. The Hall–Kier alpha value is -1.31. The van der Waals surface area contributed by atoms with Crippen LogP contribution in [0.4, 0.5) is 0 Å². The molecule has 0 amide bonds. The van der Waals surface area contributed by atoms with Crippen LogP contribution in [-0.2, 0) is 0 Å². The normalized spacial score (nSPS) is 10.2. The maximum atomic E-state index is 3.08. The van der Waals surface area contributed by atoms with E-state index in [4.69, 9.17) is 0 Å². The summed E-state index contributed by atoms with van der Waals surface area (Å²) in [5, 5.41) is 0. The number of hydrogen-bond acceptors (Lipinski definition) is 0. The van der Waals surface area contributed by atoms with Gasteiger partial charge in [-0.1, -0.05) is 6.07 Å². The molecule has 0 aliphatic heterocycles. The first-order valence-electron chi connectivity index (χ1n) is 2.90. The number of pyridine rings is 1. The molecule has 1 N–H and O–H groups in total. The lowest BCUT2D eigenvalue weighted by Crippen LogP contribution is -2.15. The predicted molar refractivity (Wildman–Crippen MR) is 34.0 cm³/mol. The highest BCUT2D eigenvalue weighted by molar-refractivity contribution is 5.26. The fourth-order valence-electron chi connectivity index (χ4n) is 0.911. The number of hydrogen-bond donors (Lipinski definition) is 1. The summed E-state index contributed by atoms with van der Waals surface area (Å²) in [6.07, 6.45) is 5.90. The summed E-state index contributed by atoms with van der Waals surface area (Å²) >= 11 is 0. The molecule has 2 aromatic heterocycles. The van der Waals surface area contributed by atoms with Crippen LogP contribution in [-0.4, -0.2) is 4.98 Å². The van der Waals surface area contributed by atoms with Crippen LogP contribution < -0.4 is 4.40 Å².